The molecule has 2 rings (SSSR count). The summed E-state index contributed by atoms with van der Waals surface area (Å²) in [5, 5.41) is 0. The highest BCUT2D eigenvalue weighted by molar-refractivity contribution is 5.56. The van der Waals surface area contributed by atoms with E-state index in [1.54, 1.807) is 0 Å². The fourth-order valence-electron chi connectivity index (χ4n) is 2.33. The molecule has 4 unspecified atom stereocenters. The second-order valence-electron chi connectivity index (χ2n) is 5.06. The molecule has 2 aliphatic rings. The number of hydrogen-bond donors (Lipinski definition) is 0. The van der Waals surface area contributed by atoms with E-state index in [2.05, 4.69) is 0 Å². The standard InChI is InChI=1S/C14H10F8/c1-3-7(15)11(19)5(12(20)8(3)16)6-13(21)9(17)4(2)10(18)14(6)22/h7,9,11,13H,1-2H3. The summed E-state index contributed by atoms with van der Waals surface area (Å²) < 4.78 is 110. The third kappa shape index (κ3) is 2.19. The summed E-state index contributed by atoms with van der Waals surface area (Å²) in [5.41, 5.74) is -5.23. The molecule has 0 aliphatic heterocycles. The van der Waals surface area contributed by atoms with Crippen molar-refractivity contribution in [1.82, 2.24) is 0 Å². The average Bonchev–Trinajstić information content (AvgIpc) is 2.50. The van der Waals surface area contributed by atoms with Crippen molar-refractivity contribution in [2.45, 2.75) is 38.5 Å². The minimum absolute atomic E-state index is 0.754. The number of alkyl halides is 4. The maximum Gasteiger partial charge on any atom is 0.165 e. The van der Waals surface area contributed by atoms with Crippen LogP contribution in [-0.2, 0) is 0 Å². The minimum Gasteiger partial charge on any atom is -0.239 e. The second kappa shape index (κ2) is 5.55. The normalized spacial score (nSPS) is 34.1. The number of hydrogen-bond acceptors (Lipinski definition) is 0. The Hall–Kier alpha value is -1.60. The van der Waals surface area contributed by atoms with Crippen molar-refractivity contribution in [3.63, 3.8) is 0 Å². The maximum absolute atomic E-state index is 13.9. The summed E-state index contributed by atoms with van der Waals surface area (Å²) in [7, 11) is 0. The van der Waals surface area contributed by atoms with E-state index in [9.17, 15) is 35.1 Å². The summed E-state index contributed by atoms with van der Waals surface area (Å²) >= 11 is 0. The van der Waals surface area contributed by atoms with E-state index >= 15 is 0 Å². The fourth-order valence-corrected chi connectivity index (χ4v) is 2.33. The van der Waals surface area contributed by atoms with Gasteiger partial charge in [-0.25, -0.2) is 35.1 Å². The van der Waals surface area contributed by atoms with Gasteiger partial charge in [0.25, 0.3) is 0 Å². The predicted octanol–water partition coefficient (Wildman–Crippen LogP) is 5.30. The lowest BCUT2D eigenvalue weighted by Gasteiger charge is -2.30. The molecule has 0 heterocycles. The molecule has 0 aromatic rings. The molecule has 8 heteroatoms. The molecule has 2 aliphatic carbocycles. The van der Waals surface area contributed by atoms with Gasteiger partial charge < -0.3 is 0 Å². The van der Waals surface area contributed by atoms with E-state index in [0.29, 0.717) is 0 Å². The Balaban J connectivity index is 2.73. The van der Waals surface area contributed by atoms with Gasteiger partial charge in [-0.15, -0.1) is 0 Å². The van der Waals surface area contributed by atoms with Gasteiger partial charge in [-0.3, -0.25) is 0 Å². The van der Waals surface area contributed by atoms with Crippen molar-refractivity contribution in [2.75, 3.05) is 0 Å². The third-order valence-corrected chi connectivity index (χ3v) is 3.73. The van der Waals surface area contributed by atoms with Crippen LogP contribution in [0.4, 0.5) is 35.1 Å². The second-order valence-corrected chi connectivity index (χ2v) is 5.06. The summed E-state index contributed by atoms with van der Waals surface area (Å²) in [6, 6.07) is 0. The molecule has 0 saturated carbocycles. The first-order valence-electron chi connectivity index (χ1n) is 6.20. The molecule has 0 N–H and O–H groups in total. The van der Waals surface area contributed by atoms with Gasteiger partial charge in [0.05, 0.1) is 0 Å². The van der Waals surface area contributed by atoms with Crippen LogP contribution in [0.15, 0.2) is 45.6 Å². The van der Waals surface area contributed by atoms with Gasteiger partial charge in [0.15, 0.2) is 48.0 Å². The summed E-state index contributed by atoms with van der Waals surface area (Å²) in [6.07, 6.45) is -11.4. The SMILES string of the molecule is CC1=C(F)C(F)=C(C2=C(F)C(F)=C(C)C(F)C2F)C(F)C1F. The van der Waals surface area contributed by atoms with E-state index in [4.69, 9.17) is 0 Å². The molecule has 0 fully saturated rings. The summed E-state index contributed by atoms with van der Waals surface area (Å²) in [4.78, 5) is 0. The summed E-state index contributed by atoms with van der Waals surface area (Å²) in [5.74, 6) is -7.81. The van der Waals surface area contributed by atoms with E-state index < -0.39 is 70.3 Å². The van der Waals surface area contributed by atoms with Gasteiger partial charge in [0.2, 0.25) is 0 Å². The Bertz CT molecular complexity index is 583. The van der Waals surface area contributed by atoms with Crippen molar-refractivity contribution in [3.8, 4) is 0 Å². The Labute approximate surface area is 120 Å². The molecular formula is C14H10F8. The third-order valence-electron chi connectivity index (χ3n) is 3.73. The van der Waals surface area contributed by atoms with E-state index in [1.165, 1.54) is 0 Å². The molecule has 0 bridgehead atoms. The summed E-state index contributed by atoms with van der Waals surface area (Å²) in [6.45, 7) is 1.51. The van der Waals surface area contributed by atoms with E-state index in [0.717, 1.165) is 13.8 Å². The molecule has 0 amide bonds. The van der Waals surface area contributed by atoms with Crippen LogP contribution in [0.25, 0.3) is 0 Å². The van der Waals surface area contributed by atoms with E-state index in [-0.39, 0.29) is 0 Å². The highest BCUT2D eigenvalue weighted by Gasteiger charge is 2.46. The Kier molecular flexibility index (Phi) is 4.23. The van der Waals surface area contributed by atoms with Crippen LogP contribution in [-0.4, -0.2) is 24.7 Å². The zero-order valence-electron chi connectivity index (χ0n) is 11.3. The molecule has 22 heavy (non-hydrogen) atoms. The quantitative estimate of drug-likeness (QED) is 0.572. The molecule has 0 saturated heterocycles. The number of allylic oxidation sites excluding steroid dienone is 8. The van der Waals surface area contributed by atoms with Crippen LogP contribution in [0.2, 0.25) is 0 Å². The number of rotatable bonds is 1. The lowest BCUT2D eigenvalue weighted by molar-refractivity contribution is 0.187. The Morgan fingerprint density at radius 3 is 1.05 bits per heavy atom. The molecule has 0 aromatic heterocycles. The van der Waals surface area contributed by atoms with Crippen LogP contribution < -0.4 is 0 Å². The maximum atomic E-state index is 13.9. The van der Waals surface area contributed by atoms with Crippen molar-refractivity contribution < 1.29 is 35.1 Å². The topological polar surface area (TPSA) is 0 Å². The van der Waals surface area contributed by atoms with Gasteiger partial charge in [-0.1, -0.05) is 0 Å². The van der Waals surface area contributed by atoms with E-state index in [1.807, 2.05) is 0 Å². The highest BCUT2D eigenvalue weighted by atomic mass is 19.2. The minimum atomic E-state index is -2.98. The highest BCUT2D eigenvalue weighted by Crippen LogP contribution is 2.46. The lowest BCUT2D eigenvalue weighted by atomic mass is 9.82. The van der Waals surface area contributed by atoms with Crippen molar-refractivity contribution >= 4 is 0 Å². The van der Waals surface area contributed by atoms with Crippen LogP contribution in [0.1, 0.15) is 13.8 Å². The first-order chi connectivity index (χ1) is 10.1. The molecule has 122 valence electrons. The lowest BCUT2D eigenvalue weighted by Crippen LogP contribution is -2.34. The Morgan fingerprint density at radius 2 is 0.773 bits per heavy atom. The van der Waals surface area contributed by atoms with Gasteiger partial charge >= 0.3 is 0 Å². The van der Waals surface area contributed by atoms with Gasteiger partial charge in [-0.05, 0) is 13.8 Å². The first kappa shape index (κ1) is 16.8. The molecular weight excluding hydrogens is 320 g/mol. The van der Waals surface area contributed by atoms with Gasteiger partial charge in [-0.2, -0.15) is 0 Å². The average molecular weight is 330 g/mol. The largest absolute Gasteiger partial charge is 0.239 e. The smallest absolute Gasteiger partial charge is 0.165 e. The van der Waals surface area contributed by atoms with Gasteiger partial charge in [0, 0.05) is 22.3 Å². The van der Waals surface area contributed by atoms with Crippen molar-refractivity contribution in [2.24, 2.45) is 0 Å². The van der Waals surface area contributed by atoms with Crippen LogP contribution in [0.3, 0.4) is 0 Å². The van der Waals surface area contributed by atoms with Crippen LogP contribution in [0.5, 0.6) is 0 Å². The zero-order chi connectivity index (χ0) is 16.9. The monoisotopic (exact) mass is 330 g/mol. The zero-order valence-corrected chi connectivity index (χ0v) is 11.3. The van der Waals surface area contributed by atoms with Crippen molar-refractivity contribution in [1.29, 1.82) is 0 Å². The fraction of sp³-hybridized carbons (Fsp3) is 0.429. The van der Waals surface area contributed by atoms with Crippen LogP contribution >= 0.6 is 0 Å². The molecule has 4 atom stereocenters. The molecule has 0 spiro atoms. The van der Waals surface area contributed by atoms with Gasteiger partial charge in [0.1, 0.15) is 0 Å². The first-order valence-corrected chi connectivity index (χ1v) is 6.20. The predicted molar refractivity (Wildman–Crippen MR) is 63.5 cm³/mol. The number of halogens is 8. The van der Waals surface area contributed by atoms with Crippen molar-refractivity contribution in [3.05, 3.63) is 45.6 Å². The molecule has 0 radical (unpaired) electrons. The molecule has 0 aromatic carbocycles. The Morgan fingerprint density at radius 1 is 0.500 bits per heavy atom. The van der Waals surface area contributed by atoms with Crippen LogP contribution in [0, 0.1) is 0 Å². The molecule has 0 nitrogen and oxygen atoms in total.